The van der Waals surface area contributed by atoms with Crippen LogP contribution in [0.3, 0.4) is 0 Å². The highest BCUT2D eigenvalue weighted by Crippen LogP contribution is 2.31. The van der Waals surface area contributed by atoms with Gasteiger partial charge in [0.25, 0.3) is 0 Å². The molecule has 5 heteroatoms. The third-order valence-electron chi connectivity index (χ3n) is 1.56. The Kier molecular flexibility index (Phi) is 3.46. The molecule has 1 rings (SSSR count). The Morgan fingerprint density at radius 3 is 2.79 bits per heavy atom. The summed E-state index contributed by atoms with van der Waals surface area (Å²) in [6, 6.07) is 2.49. The van der Waals surface area contributed by atoms with E-state index in [9.17, 15) is 9.18 Å². The molecular formula is C9H8BrFO3. The molecule has 0 heterocycles. The van der Waals surface area contributed by atoms with E-state index in [1.165, 1.54) is 6.07 Å². The average Bonchev–Trinajstić information content (AvgIpc) is 2.11. The van der Waals surface area contributed by atoms with Crippen molar-refractivity contribution < 1.29 is 19.0 Å². The minimum Gasteiger partial charge on any atom is -0.492 e. The highest BCUT2D eigenvalue weighted by molar-refractivity contribution is 9.10. The molecule has 0 amide bonds. The zero-order valence-electron chi connectivity index (χ0n) is 7.38. The number of rotatable bonds is 3. The lowest BCUT2D eigenvalue weighted by atomic mass is 10.2. The number of carboxylic acid groups (broad SMARTS) is 1. The molecule has 0 radical (unpaired) electrons. The fourth-order valence-electron chi connectivity index (χ4n) is 1.02. The second-order valence-corrected chi connectivity index (χ2v) is 3.33. The maximum atomic E-state index is 13.1. The van der Waals surface area contributed by atoms with Crippen LogP contribution < -0.4 is 4.74 Å². The van der Waals surface area contributed by atoms with Crippen molar-refractivity contribution >= 4 is 21.9 Å². The van der Waals surface area contributed by atoms with Gasteiger partial charge in [-0.15, -0.1) is 0 Å². The zero-order chi connectivity index (χ0) is 10.7. The SMILES string of the molecule is CCOc1c(Br)ccc(F)c1C(=O)O. The molecule has 0 unspecified atom stereocenters. The van der Waals surface area contributed by atoms with Crippen molar-refractivity contribution in [3.63, 3.8) is 0 Å². The van der Waals surface area contributed by atoms with Gasteiger partial charge in [-0.2, -0.15) is 0 Å². The van der Waals surface area contributed by atoms with Crippen LogP contribution in [0, 0.1) is 5.82 Å². The van der Waals surface area contributed by atoms with Crippen LogP contribution in [0.4, 0.5) is 4.39 Å². The van der Waals surface area contributed by atoms with Gasteiger partial charge in [-0.1, -0.05) is 0 Å². The van der Waals surface area contributed by atoms with Crippen molar-refractivity contribution in [3.8, 4) is 5.75 Å². The fourth-order valence-corrected chi connectivity index (χ4v) is 1.46. The molecule has 0 aromatic heterocycles. The molecule has 1 N–H and O–H groups in total. The van der Waals surface area contributed by atoms with E-state index < -0.39 is 17.3 Å². The van der Waals surface area contributed by atoms with Gasteiger partial charge in [-0.3, -0.25) is 0 Å². The standard InChI is InChI=1S/C9H8BrFO3/c1-2-14-8-5(10)3-4-6(11)7(8)9(12)13/h3-4H,2H2,1H3,(H,12,13). The Hall–Kier alpha value is -1.10. The normalized spacial score (nSPS) is 9.93. The molecule has 0 saturated heterocycles. The lowest BCUT2D eigenvalue weighted by molar-refractivity contribution is 0.0687. The van der Waals surface area contributed by atoms with Gasteiger partial charge < -0.3 is 9.84 Å². The number of hydrogen-bond acceptors (Lipinski definition) is 2. The smallest absolute Gasteiger partial charge is 0.342 e. The van der Waals surface area contributed by atoms with Crippen LogP contribution in [0.25, 0.3) is 0 Å². The Morgan fingerprint density at radius 1 is 1.64 bits per heavy atom. The number of benzene rings is 1. The first-order chi connectivity index (χ1) is 6.57. The number of halogens is 2. The molecule has 1 aromatic carbocycles. The van der Waals surface area contributed by atoms with Crippen molar-refractivity contribution in [2.24, 2.45) is 0 Å². The van der Waals surface area contributed by atoms with Crippen LogP contribution in [0.5, 0.6) is 5.75 Å². The maximum absolute atomic E-state index is 13.1. The Labute approximate surface area is 88.6 Å². The summed E-state index contributed by atoms with van der Waals surface area (Å²) in [5.41, 5.74) is -0.443. The largest absolute Gasteiger partial charge is 0.492 e. The highest BCUT2D eigenvalue weighted by atomic mass is 79.9. The van der Waals surface area contributed by atoms with Gasteiger partial charge in [-0.25, -0.2) is 9.18 Å². The van der Waals surface area contributed by atoms with E-state index in [2.05, 4.69) is 15.9 Å². The van der Waals surface area contributed by atoms with Crippen LogP contribution in [0.2, 0.25) is 0 Å². The maximum Gasteiger partial charge on any atom is 0.342 e. The molecular weight excluding hydrogens is 255 g/mol. The molecule has 14 heavy (non-hydrogen) atoms. The first-order valence-corrected chi connectivity index (χ1v) is 4.71. The van der Waals surface area contributed by atoms with E-state index in [0.29, 0.717) is 4.47 Å². The molecule has 0 saturated carbocycles. The van der Waals surface area contributed by atoms with Gasteiger partial charge >= 0.3 is 5.97 Å². The van der Waals surface area contributed by atoms with E-state index in [0.717, 1.165) is 6.07 Å². The van der Waals surface area contributed by atoms with Crippen LogP contribution >= 0.6 is 15.9 Å². The van der Waals surface area contributed by atoms with Gasteiger partial charge in [0.2, 0.25) is 0 Å². The van der Waals surface area contributed by atoms with Crippen LogP contribution in [0.15, 0.2) is 16.6 Å². The fraction of sp³-hybridized carbons (Fsp3) is 0.222. The average molecular weight is 263 g/mol. The van der Waals surface area contributed by atoms with E-state index in [1.807, 2.05) is 0 Å². The Morgan fingerprint density at radius 2 is 2.29 bits per heavy atom. The first kappa shape index (κ1) is 11.0. The van der Waals surface area contributed by atoms with Gasteiger partial charge in [0.05, 0.1) is 11.1 Å². The van der Waals surface area contributed by atoms with E-state index >= 15 is 0 Å². The van der Waals surface area contributed by atoms with Crippen molar-refractivity contribution in [2.45, 2.75) is 6.92 Å². The van der Waals surface area contributed by atoms with Crippen molar-refractivity contribution in [3.05, 3.63) is 28.0 Å². The van der Waals surface area contributed by atoms with Gasteiger partial charge in [0.1, 0.15) is 11.4 Å². The molecule has 0 aliphatic carbocycles. The third kappa shape index (κ3) is 2.04. The minimum absolute atomic E-state index is 0.0278. The summed E-state index contributed by atoms with van der Waals surface area (Å²) < 4.78 is 18.6. The topological polar surface area (TPSA) is 46.5 Å². The first-order valence-electron chi connectivity index (χ1n) is 3.92. The van der Waals surface area contributed by atoms with Gasteiger partial charge in [-0.05, 0) is 35.0 Å². The zero-order valence-corrected chi connectivity index (χ0v) is 8.97. The van der Waals surface area contributed by atoms with Crippen LogP contribution in [-0.4, -0.2) is 17.7 Å². The number of hydrogen-bond donors (Lipinski definition) is 1. The second kappa shape index (κ2) is 4.41. The van der Waals surface area contributed by atoms with Crippen molar-refractivity contribution in [1.82, 2.24) is 0 Å². The predicted octanol–water partition coefficient (Wildman–Crippen LogP) is 2.69. The Balaban J connectivity index is 3.33. The molecule has 0 spiro atoms. The molecule has 0 aliphatic rings. The number of ether oxygens (including phenoxy) is 1. The molecule has 0 aliphatic heterocycles. The summed E-state index contributed by atoms with van der Waals surface area (Å²) in [6.45, 7) is 1.98. The monoisotopic (exact) mass is 262 g/mol. The van der Waals surface area contributed by atoms with E-state index in [-0.39, 0.29) is 12.4 Å². The number of carbonyl (C=O) groups is 1. The van der Waals surface area contributed by atoms with Crippen LogP contribution in [-0.2, 0) is 0 Å². The lowest BCUT2D eigenvalue weighted by Gasteiger charge is -2.09. The van der Waals surface area contributed by atoms with Gasteiger partial charge in [0, 0.05) is 0 Å². The molecule has 0 bridgehead atoms. The summed E-state index contributed by atoms with van der Waals surface area (Å²) in [5, 5.41) is 8.76. The van der Waals surface area contributed by atoms with Crippen molar-refractivity contribution in [1.29, 1.82) is 0 Å². The van der Waals surface area contributed by atoms with Crippen LogP contribution in [0.1, 0.15) is 17.3 Å². The third-order valence-corrected chi connectivity index (χ3v) is 2.19. The van der Waals surface area contributed by atoms with Crippen molar-refractivity contribution in [2.75, 3.05) is 6.61 Å². The summed E-state index contributed by atoms with van der Waals surface area (Å²) in [5.74, 6) is -2.11. The Bertz CT molecular complexity index is 365. The second-order valence-electron chi connectivity index (χ2n) is 2.47. The molecule has 76 valence electrons. The molecule has 0 atom stereocenters. The summed E-state index contributed by atoms with van der Waals surface area (Å²) >= 11 is 3.10. The predicted molar refractivity (Wildman–Crippen MR) is 52.2 cm³/mol. The van der Waals surface area contributed by atoms with E-state index in [4.69, 9.17) is 9.84 Å². The molecule has 1 aromatic rings. The number of carboxylic acids is 1. The molecule has 3 nitrogen and oxygen atoms in total. The quantitative estimate of drug-likeness (QED) is 0.911. The summed E-state index contributed by atoms with van der Waals surface area (Å²) in [4.78, 5) is 10.7. The summed E-state index contributed by atoms with van der Waals surface area (Å²) in [7, 11) is 0. The minimum atomic E-state index is -1.34. The molecule has 0 fully saturated rings. The van der Waals surface area contributed by atoms with E-state index in [1.54, 1.807) is 6.92 Å². The summed E-state index contributed by atoms with van der Waals surface area (Å²) in [6.07, 6.45) is 0. The highest BCUT2D eigenvalue weighted by Gasteiger charge is 2.19. The lowest BCUT2D eigenvalue weighted by Crippen LogP contribution is -2.06. The number of aromatic carboxylic acids is 1. The van der Waals surface area contributed by atoms with Gasteiger partial charge in [0.15, 0.2) is 5.75 Å².